The summed E-state index contributed by atoms with van der Waals surface area (Å²) < 4.78 is 16.2. The first-order valence-electron chi connectivity index (χ1n) is 5.81. The lowest BCUT2D eigenvalue weighted by Crippen LogP contribution is -2.18. The molecule has 1 saturated heterocycles. The summed E-state index contributed by atoms with van der Waals surface area (Å²) in [6, 6.07) is 7.21. The number of benzene rings is 1. The van der Waals surface area contributed by atoms with Gasteiger partial charge in [0.15, 0.2) is 6.29 Å². The van der Waals surface area contributed by atoms with E-state index in [9.17, 15) is 4.79 Å². The van der Waals surface area contributed by atoms with Gasteiger partial charge in [0.1, 0.15) is 12.4 Å². The van der Waals surface area contributed by atoms with Gasteiger partial charge in [-0.1, -0.05) is 6.07 Å². The molecule has 0 amide bonds. The maximum Gasteiger partial charge on any atom is 0.255 e. The zero-order chi connectivity index (χ0) is 12.4. The maximum atomic E-state index is 11.6. The summed E-state index contributed by atoms with van der Waals surface area (Å²) in [7, 11) is 0. The van der Waals surface area contributed by atoms with Crippen LogP contribution in [0.2, 0.25) is 0 Å². The first-order valence-corrected chi connectivity index (χ1v) is 5.81. The van der Waals surface area contributed by atoms with Crippen molar-refractivity contribution in [2.45, 2.75) is 6.29 Å². The molecule has 0 unspecified atom stereocenters. The number of nitrogens with one attached hydrogen (secondary N) is 1. The number of H-pyrrole nitrogens is 1. The fourth-order valence-corrected chi connectivity index (χ4v) is 1.98. The number of hydrogen-bond donors (Lipinski definition) is 1. The molecule has 94 valence electrons. The van der Waals surface area contributed by atoms with E-state index in [4.69, 9.17) is 14.2 Å². The van der Waals surface area contributed by atoms with Gasteiger partial charge in [-0.15, -0.1) is 0 Å². The minimum absolute atomic E-state index is 0.119. The van der Waals surface area contributed by atoms with Gasteiger partial charge < -0.3 is 19.2 Å². The highest BCUT2D eigenvalue weighted by Crippen LogP contribution is 2.23. The second-order valence-corrected chi connectivity index (χ2v) is 4.01. The molecule has 0 aliphatic carbocycles. The van der Waals surface area contributed by atoms with Crippen molar-refractivity contribution in [3.63, 3.8) is 0 Å². The summed E-state index contributed by atoms with van der Waals surface area (Å²) in [5.41, 5.74) is -0.119. The van der Waals surface area contributed by atoms with Gasteiger partial charge in [0.2, 0.25) is 0 Å². The van der Waals surface area contributed by atoms with E-state index in [1.165, 1.54) is 0 Å². The van der Waals surface area contributed by atoms with Crippen LogP contribution in [-0.4, -0.2) is 31.1 Å². The molecule has 0 bridgehead atoms. The van der Waals surface area contributed by atoms with Crippen molar-refractivity contribution in [2.75, 3.05) is 19.8 Å². The average Bonchev–Trinajstić information content (AvgIpc) is 2.90. The van der Waals surface area contributed by atoms with Crippen LogP contribution in [0, 0.1) is 0 Å². The predicted molar refractivity (Wildman–Crippen MR) is 65.8 cm³/mol. The summed E-state index contributed by atoms with van der Waals surface area (Å²) in [5, 5.41) is 1.41. The van der Waals surface area contributed by atoms with Gasteiger partial charge in [0.25, 0.3) is 5.56 Å². The van der Waals surface area contributed by atoms with Crippen molar-refractivity contribution in [1.29, 1.82) is 0 Å². The van der Waals surface area contributed by atoms with E-state index in [-0.39, 0.29) is 11.8 Å². The highest BCUT2D eigenvalue weighted by molar-refractivity contribution is 5.87. The SMILES string of the molecule is O=c1[nH]ccc2c(OCC3OCCO3)cccc12. The van der Waals surface area contributed by atoms with Crippen LogP contribution >= 0.6 is 0 Å². The van der Waals surface area contributed by atoms with Gasteiger partial charge in [-0.25, -0.2) is 0 Å². The third kappa shape index (κ3) is 2.10. The Morgan fingerprint density at radius 2 is 2.06 bits per heavy atom. The van der Waals surface area contributed by atoms with Gasteiger partial charge in [0, 0.05) is 11.6 Å². The fraction of sp³-hybridized carbons (Fsp3) is 0.308. The Balaban J connectivity index is 1.87. The second-order valence-electron chi connectivity index (χ2n) is 4.01. The maximum absolute atomic E-state index is 11.6. The topological polar surface area (TPSA) is 60.6 Å². The third-order valence-electron chi connectivity index (χ3n) is 2.84. The molecule has 5 nitrogen and oxygen atoms in total. The Kier molecular flexibility index (Phi) is 3.00. The minimum atomic E-state index is -0.317. The van der Waals surface area contributed by atoms with Crippen molar-refractivity contribution in [3.8, 4) is 5.75 Å². The Labute approximate surface area is 103 Å². The summed E-state index contributed by atoms with van der Waals surface area (Å²) in [6.45, 7) is 1.53. The lowest BCUT2D eigenvalue weighted by Gasteiger charge is -2.12. The van der Waals surface area contributed by atoms with E-state index in [2.05, 4.69) is 4.98 Å². The summed E-state index contributed by atoms with van der Waals surface area (Å²) in [6.07, 6.45) is 1.29. The average molecular weight is 247 g/mol. The summed E-state index contributed by atoms with van der Waals surface area (Å²) in [4.78, 5) is 14.3. The summed E-state index contributed by atoms with van der Waals surface area (Å²) >= 11 is 0. The number of aromatic amines is 1. The molecule has 1 aliphatic rings. The van der Waals surface area contributed by atoms with E-state index in [0.29, 0.717) is 31.0 Å². The normalized spacial score (nSPS) is 16.2. The van der Waals surface area contributed by atoms with Crippen LogP contribution in [0.4, 0.5) is 0 Å². The van der Waals surface area contributed by atoms with Crippen molar-refractivity contribution in [1.82, 2.24) is 4.98 Å². The molecule has 0 spiro atoms. The lowest BCUT2D eigenvalue weighted by atomic mass is 10.1. The van der Waals surface area contributed by atoms with Crippen LogP contribution in [0.25, 0.3) is 10.8 Å². The third-order valence-corrected chi connectivity index (χ3v) is 2.84. The van der Waals surface area contributed by atoms with Crippen LogP contribution in [0.3, 0.4) is 0 Å². The quantitative estimate of drug-likeness (QED) is 0.887. The number of fused-ring (bicyclic) bond motifs is 1. The standard InChI is InChI=1S/C13H13NO4/c15-13-10-2-1-3-11(9(10)4-5-14-13)18-8-12-16-6-7-17-12/h1-5,12H,6-8H2,(H,14,15). The molecular weight excluding hydrogens is 234 g/mol. The van der Waals surface area contributed by atoms with Crippen LogP contribution in [-0.2, 0) is 9.47 Å². The van der Waals surface area contributed by atoms with Crippen molar-refractivity contribution in [2.24, 2.45) is 0 Å². The second kappa shape index (κ2) is 4.80. The highest BCUT2D eigenvalue weighted by atomic mass is 16.7. The zero-order valence-electron chi connectivity index (χ0n) is 9.72. The van der Waals surface area contributed by atoms with Crippen LogP contribution in [0.1, 0.15) is 0 Å². The smallest absolute Gasteiger partial charge is 0.255 e. The van der Waals surface area contributed by atoms with Gasteiger partial charge in [-0.05, 0) is 18.2 Å². The van der Waals surface area contributed by atoms with E-state index in [1.54, 1.807) is 18.3 Å². The molecular formula is C13H13NO4. The molecule has 18 heavy (non-hydrogen) atoms. The molecule has 0 radical (unpaired) electrons. The Hall–Kier alpha value is -1.85. The van der Waals surface area contributed by atoms with Crippen molar-refractivity contribution < 1.29 is 14.2 Å². The van der Waals surface area contributed by atoms with E-state index in [1.807, 2.05) is 12.1 Å². The van der Waals surface area contributed by atoms with Crippen molar-refractivity contribution in [3.05, 3.63) is 40.8 Å². The fourth-order valence-electron chi connectivity index (χ4n) is 1.98. The molecule has 0 atom stereocenters. The van der Waals surface area contributed by atoms with E-state index < -0.39 is 0 Å². The van der Waals surface area contributed by atoms with Gasteiger partial charge >= 0.3 is 0 Å². The zero-order valence-corrected chi connectivity index (χ0v) is 9.72. The first-order chi connectivity index (χ1) is 8.84. The van der Waals surface area contributed by atoms with Crippen LogP contribution in [0.5, 0.6) is 5.75 Å². The number of hydrogen-bond acceptors (Lipinski definition) is 4. The number of pyridine rings is 1. The molecule has 0 saturated carbocycles. The van der Waals surface area contributed by atoms with E-state index in [0.717, 1.165) is 5.39 Å². The van der Waals surface area contributed by atoms with Gasteiger partial charge in [0.05, 0.1) is 18.6 Å². The molecule has 1 aromatic heterocycles. The Morgan fingerprint density at radius 1 is 1.22 bits per heavy atom. The van der Waals surface area contributed by atoms with Gasteiger partial charge in [-0.2, -0.15) is 0 Å². The lowest BCUT2D eigenvalue weighted by molar-refractivity contribution is -0.0681. The molecule has 1 fully saturated rings. The molecule has 1 N–H and O–H groups in total. The van der Waals surface area contributed by atoms with E-state index >= 15 is 0 Å². The van der Waals surface area contributed by atoms with Crippen LogP contribution in [0.15, 0.2) is 35.3 Å². The number of ether oxygens (including phenoxy) is 3. The number of aromatic nitrogens is 1. The van der Waals surface area contributed by atoms with Crippen molar-refractivity contribution >= 4 is 10.8 Å². The molecule has 3 rings (SSSR count). The predicted octanol–water partition coefficient (Wildman–Crippen LogP) is 1.28. The Morgan fingerprint density at radius 3 is 2.89 bits per heavy atom. The van der Waals surface area contributed by atoms with Crippen LogP contribution < -0.4 is 10.3 Å². The molecule has 5 heteroatoms. The van der Waals surface area contributed by atoms with Gasteiger partial charge in [-0.3, -0.25) is 4.79 Å². The summed E-state index contributed by atoms with van der Waals surface area (Å²) in [5.74, 6) is 0.665. The first kappa shape index (κ1) is 11.3. The molecule has 2 aromatic rings. The number of rotatable bonds is 3. The highest BCUT2D eigenvalue weighted by Gasteiger charge is 2.17. The molecule has 2 heterocycles. The molecule has 1 aliphatic heterocycles. The minimum Gasteiger partial charge on any atom is -0.488 e. The Bertz CT molecular complexity index is 601. The largest absolute Gasteiger partial charge is 0.488 e. The monoisotopic (exact) mass is 247 g/mol. The molecule has 1 aromatic carbocycles.